The van der Waals surface area contributed by atoms with E-state index in [1.165, 1.54) is 289 Å². The molecule has 0 rings (SSSR count). The van der Waals surface area contributed by atoms with Crippen LogP contribution in [0.5, 0.6) is 0 Å². The van der Waals surface area contributed by atoms with Crippen LogP contribution in [-0.4, -0.2) is 47.4 Å². The van der Waals surface area contributed by atoms with E-state index in [2.05, 4.69) is 43.5 Å². The van der Waals surface area contributed by atoms with Crippen molar-refractivity contribution >= 4 is 11.9 Å². The molecule has 1 amide bonds. The van der Waals surface area contributed by atoms with E-state index in [4.69, 9.17) is 4.74 Å². The second kappa shape index (κ2) is 63.9. The Morgan fingerprint density at radius 3 is 1.05 bits per heavy atom. The second-order valence-corrected chi connectivity index (χ2v) is 23.2. The maximum atomic E-state index is 12.5. The average molecular weight is 1040 g/mol. The number of rotatable bonds is 63. The van der Waals surface area contributed by atoms with E-state index >= 15 is 0 Å². The third-order valence-electron chi connectivity index (χ3n) is 15.8. The van der Waals surface area contributed by atoms with Crippen molar-refractivity contribution in [2.24, 2.45) is 0 Å². The molecular formula is C68H131NO5. The fourth-order valence-corrected chi connectivity index (χ4v) is 10.6. The van der Waals surface area contributed by atoms with Crippen molar-refractivity contribution in [1.82, 2.24) is 5.32 Å². The molecule has 0 aromatic rings. The highest BCUT2D eigenvalue weighted by Crippen LogP contribution is 2.19. The Kier molecular flexibility index (Phi) is 62.4. The number of allylic oxidation sites excluding steroid dienone is 4. The molecular weight excluding hydrogens is 911 g/mol. The molecule has 0 fully saturated rings. The van der Waals surface area contributed by atoms with Gasteiger partial charge in [-0.3, -0.25) is 9.59 Å². The van der Waals surface area contributed by atoms with E-state index in [9.17, 15) is 19.8 Å². The largest absolute Gasteiger partial charge is 0.466 e. The molecule has 0 aliphatic heterocycles. The van der Waals surface area contributed by atoms with Crippen LogP contribution < -0.4 is 5.32 Å². The van der Waals surface area contributed by atoms with Gasteiger partial charge in [-0.2, -0.15) is 0 Å². The number of amides is 1. The summed E-state index contributed by atoms with van der Waals surface area (Å²) < 4.78 is 5.48. The first-order chi connectivity index (χ1) is 36.5. The Hall–Kier alpha value is -1.66. The Labute approximate surface area is 462 Å². The summed E-state index contributed by atoms with van der Waals surface area (Å²) >= 11 is 0. The quantitative estimate of drug-likeness (QED) is 0.0320. The fourth-order valence-electron chi connectivity index (χ4n) is 10.6. The highest BCUT2D eigenvalue weighted by Gasteiger charge is 2.20. The Morgan fingerprint density at radius 2 is 0.676 bits per heavy atom. The zero-order chi connectivity index (χ0) is 53.6. The summed E-state index contributed by atoms with van der Waals surface area (Å²) in [7, 11) is 0. The van der Waals surface area contributed by atoms with Crippen LogP contribution in [0.4, 0.5) is 0 Å². The third kappa shape index (κ3) is 59.6. The van der Waals surface area contributed by atoms with Gasteiger partial charge in [0.25, 0.3) is 0 Å². The van der Waals surface area contributed by atoms with Gasteiger partial charge in [0.2, 0.25) is 5.91 Å². The number of ether oxygens (including phenoxy) is 1. The van der Waals surface area contributed by atoms with Gasteiger partial charge < -0.3 is 20.3 Å². The standard InChI is InChI=1S/C68H131NO5/c1-3-5-7-9-11-13-15-17-19-33-36-40-44-48-52-56-60-66(71)65(64-70)69-67(72)61-57-53-49-45-41-37-34-30-28-26-24-22-20-21-23-25-27-29-31-35-39-43-47-51-55-59-63-74-68(73)62-58-54-50-46-42-38-32-18-16-14-12-10-8-6-4-2/h12,14,18,32,65-66,70-71H,3-11,13,15-17,19-31,33-64H2,1-2H3,(H,69,72)/b14-12-,32-18-/t65-,66+/m0/s1. The molecule has 0 aliphatic carbocycles. The summed E-state index contributed by atoms with van der Waals surface area (Å²) in [6.07, 6.45) is 79.2. The molecule has 438 valence electrons. The smallest absolute Gasteiger partial charge is 0.305 e. The lowest BCUT2D eigenvalue weighted by Gasteiger charge is -2.22. The number of unbranched alkanes of at least 4 members (excludes halogenated alkanes) is 48. The topological polar surface area (TPSA) is 95.9 Å². The van der Waals surface area contributed by atoms with Crippen molar-refractivity contribution in [2.45, 2.75) is 386 Å². The number of aliphatic hydroxyl groups excluding tert-OH is 2. The number of carbonyl (C=O) groups excluding carboxylic acids is 2. The minimum absolute atomic E-state index is 0.00381. The number of aliphatic hydroxyl groups is 2. The van der Waals surface area contributed by atoms with Crippen molar-refractivity contribution < 1.29 is 24.5 Å². The monoisotopic (exact) mass is 1040 g/mol. The van der Waals surface area contributed by atoms with Crippen LogP contribution in [0.1, 0.15) is 373 Å². The van der Waals surface area contributed by atoms with Crippen molar-refractivity contribution in [3.63, 3.8) is 0 Å². The third-order valence-corrected chi connectivity index (χ3v) is 15.8. The molecule has 6 heteroatoms. The van der Waals surface area contributed by atoms with Gasteiger partial charge >= 0.3 is 5.97 Å². The summed E-state index contributed by atoms with van der Waals surface area (Å²) in [6.45, 7) is 4.95. The summed E-state index contributed by atoms with van der Waals surface area (Å²) in [5, 5.41) is 23.3. The maximum absolute atomic E-state index is 12.5. The van der Waals surface area contributed by atoms with Crippen molar-refractivity contribution in [1.29, 1.82) is 0 Å². The molecule has 0 spiro atoms. The average Bonchev–Trinajstić information content (AvgIpc) is 3.40. The molecule has 74 heavy (non-hydrogen) atoms. The van der Waals surface area contributed by atoms with E-state index in [1.54, 1.807) is 0 Å². The fraction of sp³-hybridized carbons (Fsp3) is 0.912. The molecule has 2 atom stereocenters. The molecule has 0 unspecified atom stereocenters. The summed E-state index contributed by atoms with van der Waals surface area (Å²) in [6, 6.07) is -0.539. The van der Waals surface area contributed by atoms with Gasteiger partial charge in [0.1, 0.15) is 0 Å². The molecule has 6 nitrogen and oxygen atoms in total. The molecule has 0 heterocycles. The van der Waals surface area contributed by atoms with Crippen LogP contribution >= 0.6 is 0 Å². The van der Waals surface area contributed by atoms with Crippen LogP contribution in [0.3, 0.4) is 0 Å². The second-order valence-electron chi connectivity index (χ2n) is 23.2. The molecule has 0 saturated carbocycles. The van der Waals surface area contributed by atoms with Crippen LogP contribution in [0, 0.1) is 0 Å². The molecule has 0 aromatic heterocycles. The van der Waals surface area contributed by atoms with Gasteiger partial charge in [-0.15, -0.1) is 0 Å². The first-order valence-corrected chi connectivity index (χ1v) is 33.6. The molecule has 0 bridgehead atoms. The van der Waals surface area contributed by atoms with E-state index in [0.717, 1.165) is 51.4 Å². The summed E-state index contributed by atoms with van der Waals surface area (Å²) in [4.78, 5) is 24.6. The number of hydrogen-bond acceptors (Lipinski definition) is 5. The van der Waals surface area contributed by atoms with Gasteiger partial charge in [-0.25, -0.2) is 0 Å². The van der Waals surface area contributed by atoms with Crippen molar-refractivity contribution in [3.05, 3.63) is 24.3 Å². The highest BCUT2D eigenvalue weighted by molar-refractivity contribution is 5.76. The van der Waals surface area contributed by atoms with Gasteiger partial charge in [0.05, 0.1) is 25.4 Å². The zero-order valence-corrected chi connectivity index (χ0v) is 50.1. The van der Waals surface area contributed by atoms with Gasteiger partial charge in [0, 0.05) is 12.8 Å². The molecule has 0 radical (unpaired) electrons. The Bertz CT molecular complexity index is 1150. The van der Waals surface area contributed by atoms with Crippen molar-refractivity contribution in [2.75, 3.05) is 13.2 Å². The Morgan fingerprint density at radius 1 is 0.378 bits per heavy atom. The lowest BCUT2D eigenvalue weighted by molar-refractivity contribution is -0.143. The summed E-state index contributed by atoms with van der Waals surface area (Å²) in [5.41, 5.74) is 0. The molecule has 0 aromatic carbocycles. The lowest BCUT2D eigenvalue weighted by atomic mass is 10.0. The van der Waals surface area contributed by atoms with E-state index in [0.29, 0.717) is 25.9 Å². The predicted molar refractivity (Wildman–Crippen MR) is 324 cm³/mol. The van der Waals surface area contributed by atoms with E-state index < -0.39 is 12.1 Å². The SMILES string of the molecule is CCCCC/C=C\C/C=C\CCCCCCCC(=O)OCCCCCCCCCCCCCCCCCCCCCCCCCCCCC(=O)N[C@@H](CO)[C@H](O)CCCCCCCCCCCCCCCCCC. The van der Waals surface area contributed by atoms with Crippen LogP contribution in [-0.2, 0) is 14.3 Å². The van der Waals surface area contributed by atoms with Gasteiger partial charge in [-0.1, -0.05) is 327 Å². The first-order valence-electron chi connectivity index (χ1n) is 33.6. The Balaban J connectivity index is 3.35. The number of hydrogen-bond donors (Lipinski definition) is 3. The van der Waals surface area contributed by atoms with Crippen LogP contribution in [0.2, 0.25) is 0 Å². The normalized spacial score (nSPS) is 12.6. The van der Waals surface area contributed by atoms with Gasteiger partial charge in [-0.05, 0) is 57.8 Å². The number of esters is 1. The lowest BCUT2D eigenvalue weighted by Crippen LogP contribution is -2.45. The molecule has 3 N–H and O–H groups in total. The van der Waals surface area contributed by atoms with E-state index in [-0.39, 0.29) is 18.5 Å². The van der Waals surface area contributed by atoms with Crippen molar-refractivity contribution in [3.8, 4) is 0 Å². The van der Waals surface area contributed by atoms with E-state index in [1.807, 2.05) is 0 Å². The molecule has 0 aliphatic rings. The minimum atomic E-state index is -0.662. The maximum Gasteiger partial charge on any atom is 0.305 e. The van der Waals surface area contributed by atoms with Gasteiger partial charge in [0.15, 0.2) is 0 Å². The minimum Gasteiger partial charge on any atom is -0.466 e. The summed E-state index contributed by atoms with van der Waals surface area (Å²) in [5.74, 6) is -0.0261. The van der Waals surface area contributed by atoms with Crippen LogP contribution in [0.15, 0.2) is 24.3 Å². The number of carbonyl (C=O) groups is 2. The predicted octanol–water partition coefficient (Wildman–Crippen LogP) is 21.4. The zero-order valence-electron chi connectivity index (χ0n) is 50.1. The van der Waals surface area contributed by atoms with Crippen LogP contribution in [0.25, 0.3) is 0 Å². The molecule has 0 saturated heterocycles. The number of nitrogens with one attached hydrogen (secondary N) is 1. The highest BCUT2D eigenvalue weighted by atomic mass is 16.5. The first kappa shape index (κ1) is 72.3.